The zero-order chi connectivity index (χ0) is 13.9. The Bertz CT molecular complexity index is 687. The van der Waals surface area contributed by atoms with Crippen LogP contribution in [0, 0.1) is 4.64 Å². The number of fused-ring (bicyclic) bond motifs is 1. The normalized spacial score (nSPS) is 14.1. The number of nitrogens with one attached hydrogen (secondary N) is 1. The van der Waals surface area contributed by atoms with Crippen molar-refractivity contribution in [2.75, 3.05) is 6.61 Å². The predicted molar refractivity (Wildman–Crippen MR) is 83.8 cm³/mol. The Morgan fingerprint density at radius 2 is 2.25 bits per heavy atom. The highest BCUT2D eigenvalue weighted by Gasteiger charge is 2.13. The molecule has 0 unspecified atom stereocenters. The summed E-state index contributed by atoms with van der Waals surface area (Å²) in [6.45, 7) is 1.30. The third-order valence-corrected chi connectivity index (χ3v) is 4.96. The molecule has 3 nitrogen and oxygen atoms in total. The van der Waals surface area contributed by atoms with Crippen LogP contribution in [0.25, 0.3) is 0 Å². The van der Waals surface area contributed by atoms with Crippen molar-refractivity contribution in [3.8, 4) is 0 Å². The Morgan fingerprint density at radius 1 is 1.40 bits per heavy atom. The lowest BCUT2D eigenvalue weighted by Crippen LogP contribution is -2.14. The number of rotatable bonds is 3. The SMILES string of the molecule is S=c1nc(CSc2ccccc2Cl)[nH]c2c1COCC2. The van der Waals surface area contributed by atoms with E-state index in [1.807, 2.05) is 24.3 Å². The van der Waals surface area contributed by atoms with E-state index < -0.39 is 0 Å². The van der Waals surface area contributed by atoms with Crippen LogP contribution in [0.5, 0.6) is 0 Å². The topological polar surface area (TPSA) is 37.9 Å². The lowest BCUT2D eigenvalue weighted by atomic mass is 10.1. The van der Waals surface area contributed by atoms with E-state index in [1.54, 1.807) is 11.8 Å². The van der Waals surface area contributed by atoms with E-state index in [-0.39, 0.29) is 0 Å². The maximum atomic E-state index is 6.15. The van der Waals surface area contributed by atoms with Crippen LogP contribution in [0.15, 0.2) is 29.2 Å². The van der Waals surface area contributed by atoms with Gasteiger partial charge < -0.3 is 9.72 Å². The molecule has 1 aliphatic rings. The van der Waals surface area contributed by atoms with Gasteiger partial charge in [-0.05, 0) is 12.1 Å². The standard InChI is InChI=1S/C14H13ClN2OS2/c15-10-3-1-2-4-12(10)20-8-13-16-11-5-6-18-7-9(11)14(19)17-13/h1-4H,5-8H2,(H,16,17,19). The van der Waals surface area contributed by atoms with Gasteiger partial charge in [0.15, 0.2) is 0 Å². The molecule has 0 saturated carbocycles. The lowest BCUT2D eigenvalue weighted by molar-refractivity contribution is 0.108. The maximum absolute atomic E-state index is 6.15. The number of nitrogens with zero attached hydrogens (tertiary/aromatic N) is 1. The molecule has 2 aromatic rings. The number of hydrogen-bond donors (Lipinski definition) is 1. The average molecular weight is 325 g/mol. The monoisotopic (exact) mass is 324 g/mol. The van der Waals surface area contributed by atoms with Crippen molar-refractivity contribution in [1.29, 1.82) is 0 Å². The number of aromatic nitrogens is 2. The first-order chi connectivity index (χ1) is 9.74. The largest absolute Gasteiger partial charge is 0.376 e. The Balaban J connectivity index is 1.80. The zero-order valence-corrected chi connectivity index (χ0v) is 13.1. The van der Waals surface area contributed by atoms with Crippen molar-refractivity contribution in [3.63, 3.8) is 0 Å². The average Bonchev–Trinajstić information content (AvgIpc) is 2.46. The molecule has 0 spiro atoms. The zero-order valence-electron chi connectivity index (χ0n) is 10.7. The number of benzene rings is 1. The van der Waals surface area contributed by atoms with Gasteiger partial charge in [-0.2, -0.15) is 0 Å². The smallest absolute Gasteiger partial charge is 0.135 e. The third kappa shape index (κ3) is 3.06. The summed E-state index contributed by atoms with van der Waals surface area (Å²) in [6.07, 6.45) is 0.866. The molecule has 0 atom stereocenters. The van der Waals surface area contributed by atoms with Gasteiger partial charge in [0.05, 0.1) is 24.0 Å². The first kappa shape index (κ1) is 14.1. The van der Waals surface area contributed by atoms with E-state index in [4.69, 9.17) is 28.6 Å². The molecule has 20 heavy (non-hydrogen) atoms. The van der Waals surface area contributed by atoms with Crippen LogP contribution in [-0.4, -0.2) is 16.6 Å². The number of ether oxygens (including phenoxy) is 1. The molecule has 0 bridgehead atoms. The minimum atomic E-state index is 0.565. The Morgan fingerprint density at radius 3 is 3.10 bits per heavy atom. The summed E-state index contributed by atoms with van der Waals surface area (Å²) in [5, 5.41) is 0.766. The summed E-state index contributed by atoms with van der Waals surface area (Å²) in [5.74, 6) is 1.61. The minimum Gasteiger partial charge on any atom is -0.376 e. The van der Waals surface area contributed by atoms with Gasteiger partial charge in [-0.1, -0.05) is 36.0 Å². The van der Waals surface area contributed by atoms with Gasteiger partial charge in [0.25, 0.3) is 0 Å². The minimum absolute atomic E-state index is 0.565. The fourth-order valence-electron chi connectivity index (χ4n) is 2.08. The maximum Gasteiger partial charge on any atom is 0.135 e. The van der Waals surface area contributed by atoms with Crippen molar-refractivity contribution in [3.05, 3.63) is 51.0 Å². The molecule has 1 aliphatic heterocycles. The third-order valence-electron chi connectivity index (χ3n) is 3.10. The Hall–Kier alpha value is -0.880. The lowest BCUT2D eigenvalue weighted by Gasteiger charge is -2.17. The van der Waals surface area contributed by atoms with Crippen molar-refractivity contribution >= 4 is 35.6 Å². The molecule has 6 heteroatoms. The molecule has 1 aromatic carbocycles. The van der Waals surface area contributed by atoms with Gasteiger partial charge in [0.1, 0.15) is 10.5 Å². The number of aromatic amines is 1. The highest BCUT2D eigenvalue weighted by molar-refractivity contribution is 7.98. The molecule has 104 valence electrons. The summed E-state index contributed by atoms with van der Waals surface area (Å²) in [4.78, 5) is 8.87. The first-order valence-electron chi connectivity index (χ1n) is 6.30. The highest BCUT2D eigenvalue weighted by Crippen LogP contribution is 2.29. The van der Waals surface area contributed by atoms with Crippen LogP contribution < -0.4 is 0 Å². The van der Waals surface area contributed by atoms with Gasteiger partial charge in [-0.3, -0.25) is 0 Å². The summed E-state index contributed by atoms with van der Waals surface area (Å²) < 4.78 is 6.06. The molecular formula is C14H13ClN2OS2. The van der Waals surface area contributed by atoms with Crippen LogP contribution in [0.4, 0.5) is 0 Å². The van der Waals surface area contributed by atoms with E-state index in [2.05, 4.69) is 9.97 Å². The van der Waals surface area contributed by atoms with E-state index >= 15 is 0 Å². The quantitative estimate of drug-likeness (QED) is 0.679. The molecule has 0 fully saturated rings. The molecule has 0 aliphatic carbocycles. The number of H-pyrrole nitrogens is 1. The number of halogens is 1. The second-order valence-corrected chi connectivity index (χ2v) is 6.28. The van der Waals surface area contributed by atoms with E-state index in [0.29, 0.717) is 11.2 Å². The number of thioether (sulfide) groups is 1. The van der Waals surface area contributed by atoms with Crippen molar-refractivity contribution in [1.82, 2.24) is 9.97 Å². The first-order valence-corrected chi connectivity index (χ1v) is 8.07. The van der Waals surface area contributed by atoms with Crippen molar-refractivity contribution in [2.45, 2.75) is 23.7 Å². The van der Waals surface area contributed by atoms with Crippen molar-refractivity contribution in [2.24, 2.45) is 0 Å². The van der Waals surface area contributed by atoms with Crippen molar-refractivity contribution < 1.29 is 4.74 Å². The highest BCUT2D eigenvalue weighted by atomic mass is 35.5. The van der Waals surface area contributed by atoms with Gasteiger partial charge in [-0.25, -0.2) is 4.98 Å². The van der Waals surface area contributed by atoms with Crippen LogP contribution in [0.3, 0.4) is 0 Å². The molecule has 0 amide bonds. The molecule has 3 rings (SSSR count). The Labute approximate surface area is 131 Å². The van der Waals surface area contributed by atoms with Gasteiger partial charge in [-0.15, -0.1) is 11.8 Å². The molecule has 2 heterocycles. The molecular weight excluding hydrogens is 312 g/mol. The second kappa shape index (κ2) is 6.26. The predicted octanol–water partition coefficient (Wildman–Crippen LogP) is 4.16. The van der Waals surface area contributed by atoms with Crippen LogP contribution in [0.1, 0.15) is 17.1 Å². The number of hydrogen-bond acceptors (Lipinski definition) is 4. The molecule has 1 N–H and O–H groups in total. The summed E-state index contributed by atoms with van der Waals surface area (Å²) in [7, 11) is 0. The van der Waals surface area contributed by atoms with Gasteiger partial charge in [0, 0.05) is 22.6 Å². The van der Waals surface area contributed by atoms with Crippen LogP contribution >= 0.6 is 35.6 Å². The summed E-state index contributed by atoms with van der Waals surface area (Å²) in [5.41, 5.74) is 2.18. The summed E-state index contributed by atoms with van der Waals surface area (Å²) >= 11 is 13.1. The van der Waals surface area contributed by atoms with E-state index in [1.165, 1.54) is 0 Å². The second-order valence-electron chi connectivity index (χ2n) is 4.47. The van der Waals surface area contributed by atoms with Crippen LogP contribution in [-0.2, 0) is 23.5 Å². The Kier molecular flexibility index (Phi) is 4.41. The van der Waals surface area contributed by atoms with E-state index in [9.17, 15) is 0 Å². The fraction of sp³-hybridized carbons (Fsp3) is 0.286. The van der Waals surface area contributed by atoms with Gasteiger partial charge >= 0.3 is 0 Å². The van der Waals surface area contributed by atoms with Gasteiger partial charge in [0.2, 0.25) is 0 Å². The molecule has 0 radical (unpaired) electrons. The fourth-order valence-corrected chi connectivity index (χ4v) is 3.49. The molecule has 1 aromatic heterocycles. The van der Waals surface area contributed by atoms with Crippen LogP contribution in [0.2, 0.25) is 5.02 Å². The summed E-state index contributed by atoms with van der Waals surface area (Å²) in [6, 6.07) is 7.81. The van der Waals surface area contributed by atoms with E-state index in [0.717, 1.165) is 45.8 Å². The molecule has 0 saturated heterocycles.